The van der Waals surface area contributed by atoms with Crippen LogP contribution >= 0.6 is 0 Å². The number of nitrogens with one attached hydrogen (secondary N) is 2. The molecule has 1 aliphatic rings. The van der Waals surface area contributed by atoms with Gasteiger partial charge in [-0.15, -0.1) is 0 Å². The van der Waals surface area contributed by atoms with Gasteiger partial charge in [0.05, 0.1) is 16.7 Å². The lowest BCUT2D eigenvalue weighted by Crippen LogP contribution is -2.37. The quantitative estimate of drug-likeness (QED) is 0.757. The normalized spacial score (nSPS) is 17.7. The first kappa shape index (κ1) is 18.2. The maximum Gasteiger partial charge on any atom is 0.418 e. The zero-order valence-electron chi connectivity index (χ0n) is 14.5. The molecule has 0 bridgehead atoms. The Balaban J connectivity index is 1.85. The van der Waals surface area contributed by atoms with Gasteiger partial charge in [-0.1, -0.05) is 26.7 Å². The number of rotatable bonds is 5. The van der Waals surface area contributed by atoms with Crippen LogP contribution in [0.15, 0.2) is 12.1 Å². The first-order valence-corrected chi connectivity index (χ1v) is 8.71. The Kier molecular flexibility index (Phi) is 4.81. The molecule has 1 heterocycles. The van der Waals surface area contributed by atoms with E-state index >= 15 is 0 Å². The van der Waals surface area contributed by atoms with Crippen molar-refractivity contribution in [2.24, 2.45) is 0 Å². The molecule has 0 aliphatic heterocycles. The molecule has 1 aliphatic carbocycles. The van der Waals surface area contributed by atoms with Gasteiger partial charge in [0.15, 0.2) is 0 Å². The third kappa shape index (κ3) is 3.98. The van der Waals surface area contributed by atoms with Gasteiger partial charge in [0, 0.05) is 19.0 Å². The standard InChI is InChI=1S/C18H24F3N3O/c1-11(2)16-23-14-8-12(7-13(15(14)24-16)18(19,20)21)9-22-10-17(25)5-3-4-6-17/h7-8,11,22,25H,3-6,9-10H2,1-2H3,(H,23,24). The van der Waals surface area contributed by atoms with Crippen molar-refractivity contribution in [3.63, 3.8) is 0 Å². The number of imidazole rings is 1. The molecule has 1 aromatic heterocycles. The summed E-state index contributed by atoms with van der Waals surface area (Å²) in [7, 11) is 0. The largest absolute Gasteiger partial charge is 0.418 e. The summed E-state index contributed by atoms with van der Waals surface area (Å²) in [6.07, 6.45) is -0.986. The summed E-state index contributed by atoms with van der Waals surface area (Å²) >= 11 is 0. The number of benzene rings is 1. The van der Waals surface area contributed by atoms with E-state index in [-0.39, 0.29) is 18.0 Å². The Morgan fingerprint density at radius 3 is 2.56 bits per heavy atom. The molecule has 1 aromatic carbocycles. The second kappa shape index (κ2) is 6.61. The average molecular weight is 355 g/mol. The number of aromatic amines is 1. The topological polar surface area (TPSA) is 60.9 Å². The Morgan fingerprint density at radius 2 is 1.96 bits per heavy atom. The van der Waals surface area contributed by atoms with Crippen molar-refractivity contribution >= 4 is 11.0 Å². The maximum atomic E-state index is 13.4. The number of hydrogen-bond donors (Lipinski definition) is 3. The average Bonchev–Trinajstić information content (AvgIpc) is 3.12. The molecule has 4 nitrogen and oxygen atoms in total. The maximum absolute atomic E-state index is 13.4. The van der Waals surface area contributed by atoms with Crippen molar-refractivity contribution in [2.45, 2.75) is 63.8 Å². The number of H-pyrrole nitrogens is 1. The smallest absolute Gasteiger partial charge is 0.389 e. The second-order valence-electron chi connectivity index (χ2n) is 7.35. The van der Waals surface area contributed by atoms with E-state index < -0.39 is 17.3 Å². The monoisotopic (exact) mass is 355 g/mol. The minimum Gasteiger partial charge on any atom is -0.389 e. The number of halogens is 3. The van der Waals surface area contributed by atoms with E-state index in [9.17, 15) is 18.3 Å². The van der Waals surface area contributed by atoms with Crippen molar-refractivity contribution in [3.8, 4) is 0 Å². The fourth-order valence-electron chi connectivity index (χ4n) is 3.44. The fraction of sp³-hybridized carbons (Fsp3) is 0.611. The molecule has 2 aromatic rings. The molecule has 0 radical (unpaired) electrons. The molecule has 0 unspecified atom stereocenters. The van der Waals surface area contributed by atoms with E-state index in [1.807, 2.05) is 13.8 Å². The summed E-state index contributed by atoms with van der Waals surface area (Å²) in [5, 5.41) is 13.4. The summed E-state index contributed by atoms with van der Waals surface area (Å²) in [6.45, 7) is 4.44. The SMILES string of the molecule is CC(C)c1nc2c(C(F)(F)F)cc(CNCC3(O)CCCC3)cc2[nH]1. The van der Waals surface area contributed by atoms with E-state index in [2.05, 4.69) is 15.3 Å². The van der Waals surface area contributed by atoms with E-state index in [1.165, 1.54) is 0 Å². The van der Waals surface area contributed by atoms with Crippen molar-refractivity contribution in [1.29, 1.82) is 0 Å². The van der Waals surface area contributed by atoms with E-state index in [1.54, 1.807) is 6.07 Å². The molecule has 3 rings (SSSR count). The number of fused-ring (bicyclic) bond motifs is 1. The highest BCUT2D eigenvalue weighted by atomic mass is 19.4. The predicted molar refractivity (Wildman–Crippen MR) is 90.3 cm³/mol. The summed E-state index contributed by atoms with van der Waals surface area (Å²) in [6, 6.07) is 2.86. The minimum atomic E-state index is -4.46. The van der Waals surface area contributed by atoms with E-state index in [4.69, 9.17) is 0 Å². The van der Waals surface area contributed by atoms with Gasteiger partial charge in [-0.25, -0.2) is 4.98 Å². The van der Waals surface area contributed by atoms with Crippen molar-refractivity contribution < 1.29 is 18.3 Å². The van der Waals surface area contributed by atoms with Gasteiger partial charge in [0.2, 0.25) is 0 Å². The van der Waals surface area contributed by atoms with Gasteiger partial charge in [0.1, 0.15) is 11.3 Å². The lowest BCUT2D eigenvalue weighted by Gasteiger charge is -2.22. The van der Waals surface area contributed by atoms with Gasteiger partial charge >= 0.3 is 6.18 Å². The second-order valence-corrected chi connectivity index (χ2v) is 7.35. The lowest BCUT2D eigenvalue weighted by molar-refractivity contribution is -0.136. The van der Waals surface area contributed by atoms with Crippen LogP contribution in [0.4, 0.5) is 13.2 Å². The Hall–Kier alpha value is -1.60. The van der Waals surface area contributed by atoms with Gasteiger partial charge < -0.3 is 15.4 Å². The number of hydrogen-bond acceptors (Lipinski definition) is 3. The molecule has 1 saturated carbocycles. The van der Waals surface area contributed by atoms with Crippen LogP contribution < -0.4 is 5.32 Å². The van der Waals surface area contributed by atoms with Crippen LogP contribution in [-0.4, -0.2) is 27.2 Å². The highest BCUT2D eigenvalue weighted by molar-refractivity contribution is 5.80. The van der Waals surface area contributed by atoms with Crippen molar-refractivity contribution in [3.05, 3.63) is 29.1 Å². The first-order valence-electron chi connectivity index (χ1n) is 8.71. The van der Waals surface area contributed by atoms with Gasteiger partial charge in [-0.3, -0.25) is 0 Å². The van der Waals surface area contributed by atoms with E-state index in [0.29, 0.717) is 23.4 Å². The third-order valence-corrected chi connectivity index (χ3v) is 4.83. The van der Waals surface area contributed by atoms with Gasteiger partial charge in [-0.05, 0) is 30.5 Å². The van der Waals surface area contributed by atoms with Crippen LogP contribution in [0.3, 0.4) is 0 Å². The number of alkyl halides is 3. The molecule has 1 fully saturated rings. The molecule has 0 atom stereocenters. The highest BCUT2D eigenvalue weighted by Gasteiger charge is 2.35. The summed E-state index contributed by atoms with van der Waals surface area (Å²) in [4.78, 5) is 7.14. The van der Waals surface area contributed by atoms with Gasteiger partial charge in [-0.2, -0.15) is 13.2 Å². The molecular formula is C18H24F3N3O. The zero-order valence-corrected chi connectivity index (χ0v) is 14.5. The third-order valence-electron chi connectivity index (χ3n) is 4.83. The Labute approximate surface area is 144 Å². The molecule has 138 valence electrons. The van der Waals surface area contributed by atoms with Crippen molar-refractivity contribution in [2.75, 3.05) is 6.54 Å². The fourth-order valence-corrected chi connectivity index (χ4v) is 3.44. The highest BCUT2D eigenvalue weighted by Crippen LogP contribution is 2.35. The zero-order chi connectivity index (χ0) is 18.2. The number of nitrogens with zero attached hydrogens (tertiary/aromatic N) is 1. The predicted octanol–water partition coefficient (Wildman–Crippen LogP) is 4.10. The molecule has 7 heteroatoms. The van der Waals surface area contributed by atoms with Crippen LogP contribution in [0.2, 0.25) is 0 Å². The van der Waals surface area contributed by atoms with Crippen LogP contribution in [-0.2, 0) is 12.7 Å². The van der Waals surface area contributed by atoms with Crippen LogP contribution in [0, 0.1) is 0 Å². The molecular weight excluding hydrogens is 331 g/mol. The number of aromatic nitrogens is 2. The van der Waals surface area contributed by atoms with E-state index in [0.717, 1.165) is 31.7 Å². The van der Waals surface area contributed by atoms with Gasteiger partial charge in [0.25, 0.3) is 0 Å². The minimum absolute atomic E-state index is 0.0201. The molecule has 0 amide bonds. The summed E-state index contributed by atoms with van der Waals surface area (Å²) in [5.41, 5.74) is -0.551. The molecule has 0 saturated heterocycles. The van der Waals surface area contributed by atoms with Crippen LogP contribution in [0.1, 0.15) is 62.4 Å². The lowest BCUT2D eigenvalue weighted by atomic mass is 10.0. The van der Waals surface area contributed by atoms with Crippen molar-refractivity contribution in [1.82, 2.24) is 15.3 Å². The Bertz CT molecular complexity index is 746. The van der Waals surface area contributed by atoms with Crippen LogP contribution in [0.5, 0.6) is 0 Å². The van der Waals surface area contributed by atoms with Crippen LogP contribution in [0.25, 0.3) is 11.0 Å². The molecule has 3 N–H and O–H groups in total. The summed E-state index contributed by atoms with van der Waals surface area (Å²) in [5.74, 6) is 0.567. The first-order chi connectivity index (χ1) is 11.7. The number of aliphatic hydroxyl groups is 1. The Morgan fingerprint density at radius 1 is 1.28 bits per heavy atom. The summed E-state index contributed by atoms with van der Waals surface area (Å²) < 4.78 is 40.3. The molecule has 0 spiro atoms. The molecule has 25 heavy (non-hydrogen) atoms.